The fraction of sp³-hybridized carbons (Fsp3) is 0.444. The molecule has 2 aromatic rings. The molecule has 142 valence electrons. The molecule has 0 spiro atoms. The maximum Gasteiger partial charge on any atom is 0.434 e. The van der Waals surface area contributed by atoms with Gasteiger partial charge in [0.15, 0.2) is 11.7 Å². The van der Waals surface area contributed by atoms with Crippen molar-refractivity contribution < 1.29 is 13.2 Å². The molecular weight excluding hydrogens is 361 g/mol. The Kier molecular flexibility index (Phi) is 7.02. The molecule has 0 fully saturated rings. The van der Waals surface area contributed by atoms with E-state index in [9.17, 15) is 13.2 Å². The van der Waals surface area contributed by atoms with Gasteiger partial charge in [0.2, 0.25) is 0 Å². The van der Waals surface area contributed by atoms with Gasteiger partial charge in [0.05, 0.1) is 6.54 Å². The molecule has 0 aliphatic rings. The van der Waals surface area contributed by atoms with Gasteiger partial charge in [-0.15, -0.1) is 11.3 Å². The van der Waals surface area contributed by atoms with Crippen LogP contribution in [0.25, 0.3) is 0 Å². The van der Waals surface area contributed by atoms with Crippen LogP contribution in [0.2, 0.25) is 0 Å². The first-order valence-corrected chi connectivity index (χ1v) is 9.28. The molecule has 0 aliphatic heterocycles. The van der Waals surface area contributed by atoms with E-state index >= 15 is 0 Å². The molecule has 2 rings (SSSR count). The minimum absolute atomic E-state index is 0.106. The van der Waals surface area contributed by atoms with Crippen molar-refractivity contribution in [1.29, 1.82) is 0 Å². The molecule has 1 aromatic carbocycles. The van der Waals surface area contributed by atoms with Crippen molar-refractivity contribution in [2.45, 2.75) is 39.4 Å². The van der Waals surface area contributed by atoms with Crippen LogP contribution in [0.5, 0.6) is 0 Å². The normalized spacial score (nSPS) is 13.5. The zero-order chi connectivity index (χ0) is 19.2. The van der Waals surface area contributed by atoms with Crippen LogP contribution in [0, 0.1) is 6.92 Å². The van der Waals surface area contributed by atoms with Crippen molar-refractivity contribution in [3.8, 4) is 0 Å². The Labute approximate surface area is 155 Å². The number of hydrogen-bond donors (Lipinski definition) is 2. The number of alkyl halides is 3. The minimum Gasteiger partial charge on any atom is -0.357 e. The number of rotatable bonds is 6. The fourth-order valence-corrected chi connectivity index (χ4v) is 2.99. The number of aromatic nitrogens is 1. The molecule has 0 radical (unpaired) electrons. The summed E-state index contributed by atoms with van der Waals surface area (Å²) < 4.78 is 37.8. The predicted octanol–water partition coefficient (Wildman–Crippen LogP) is 4.33. The molecule has 0 aliphatic carbocycles. The standard InChI is InChI=1S/C18H23F3N4S/c1-4-22-17(23-9-13(3)14-7-5-12(2)6-8-14)24-10-16-25-15(11-26-16)18(19,20)21/h5-8,11,13H,4,9-10H2,1-3H3,(H2,22,23,24). The topological polar surface area (TPSA) is 49.3 Å². The van der Waals surface area contributed by atoms with Gasteiger partial charge in [-0.3, -0.25) is 0 Å². The number of benzene rings is 1. The Bertz CT molecular complexity index is 723. The van der Waals surface area contributed by atoms with E-state index in [2.05, 4.69) is 51.8 Å². The van der Waals surface area contributed by atoms with Gasteiger partial charge < -0.3 is 10.6 Å². The van der Waals surface area contributed by atoms with E-state index in [1.165, 1.54) is 11.1 Å². The Morgan fingerprint density at radius 1 is 1.23 bits per heavy atom. The summed E-state index contributed by atoms with van der Waals surface area (Å²) in [5, 5.41) is 7.69. The van der Waals surface area contributed by atoms with Crippen LogP contribution in [0.15, 0.2) is 34.6 Å². The lowest BCUT2D eigenvalue weighted by molar-refractivity contribution is -0.140. The quantitative estimate of drug-likeness (QED) is 0.576. The highest BCUT2D eigenvalue weighted by atomic mass is 32.1. The van der Waals surface area contributed by atoms with Crippen molar-refractivity contribution in [3.05, 3.63) is 51.5 Å². The van der Waals surface area contributed by atoms with Crippen molar-refractivity contribution in [2.75, 3.05) is 13.1 Å². The predicted molar refractivity (Wildman–Crippen MR) is 99.5 cm³/mol. The Hall–Kier alpha value is -2.09. The smallest absolute Gasteiger partial charge is 0.357 e. The molecule has 1 heterocycles. The van der Waals surface area contributed by atoms with Crippen LogP contribution in [0.3, 0.4) is 0 Å². The molecule has 0 saturated carbocycles. The molecule has 26 heavy (non-hydrogen) atoms. The second-order valence-electron chi connectivity index (χ2n) is 6.01. The zero-order valence-electron chi connectivity index (χ0n) is 15.0. The third kappa shape index (κ3) is 6.01. The average molecular weight is 384 g/mol. The average Bonchev–Trinajstić information content (AvgIpc) is 3.07. The number of nitrogens with zero attached hydrogens (tertiary/aromatic N) is 2. The van der Waals surface area contributed by atoms with Gasteiger partial charge in [-0.2, -0.15) is 13.2 Å². The highest BCUT2D eigenvalue weighted by Gasteiger charge is 2.33. The van der Waals surface area contributed by atoms with Gasteiger partial charge in [0.25, 0.3) is 0 Å². The lowest BCUT2D eigenvalue weighted by Gasteiger charge is -2.16. The van der Waals surface area contributed by atoms with Crippen LogP contribution in [-0.4, -0.2) is 24.0 Å². The molecule has 4 nitrogen and oxygen atoms in total. The van der Waals surface area contributed by atoms with Crippen molar-refractivity contribution in [3.63, 3.8) is 0 Å². The van der Waals surface area contributed by atoms with E-state index in [0.29, 0.717) is 24.1 Å². The van der Waals surface area contributed by atoms with E-state index in [1.54, 1.807) is 0 Å². The molecule has 0 bridgehead atoms. The van der Waals surface area contributed by atoms with Crippen LogP contribution in [0.1, 0.15) is 41.6 Å². The van der Waals surface area contributed by atoms with Gasteiger partial charge in [-0.05, 0) is 25.3 Å². The van der Waals surface area contributed by atoms with Crippen LogP contribution in [0.4, 0.5) is 13.2 Å². The number of hydrogen-bond acceptors (Lipinski definition) is 3. The molecule has 1 aromatic heterocycles. The van der Waals surface area contributed by atoms with Gasteiger partial charge in [0.1, 0.15) is 5.01 Å². The van der Waals surface area contributed by atoms with Crippen molar-refractivity contribution in [2.24, 2.45) is 4.99 Å². The second-order valence-corrected chi connectivity index (χ2v) is 6.95. The molecule has 2 N–H and O–H groups in total. The first-order chi connectivity index (χ1) is 12.3. The summed E-state index contributed by atoms with van der Waals surface area (Å²) in [6, 6.07) is 8.34. The number of halogens is 3. The highest BCUT2D eigenvalue weighted by molar-refractivity contribution is 7.09. The van der Waals surface area contributed by atoms with Crippen LogP contribution in [-0.2, 0) is 12.7 Å². The first kappa shape index (κ1) is 20.2. The summed E-state index contributed by atoms with van der Waals surface area (Å²) in [7, 11) is 0. The molecular formula is C18H23F3N4S. The van der Waals surface area contributed by atoms with Crippen LogP contribution < -0.4 is 10.6 Å². The summed E-state index contributed by atoms with van der Waals surface area (Å²) in [6.07, 6.45) is -4.41. The van der Waals surface area contributed by atoms with Crippen molar-refractivity contribution in [1.82, 2.24) is 15.6 Å². The Morgan fingerprint density at radius 2 is 1.92 bits per heavy atom. The van der Waals surface area contributed by atoms with E-state index < -0.39 is 11.9 Å². The summed E-state index contributed by atoms with van der Waals surface area (Å²) in [5.74, 6) is 0.839. The van der Waals surface area contributed by atoms with Gasteiger partial charge in [-0.1, -0.05) is 36.8 Å². The molecule has 8 heteroatoms. The van der Waals surface area contributed by atoms with Crippen LogP contribution >= 0.6 is 11.3 Å². The molecule has 1 atom stereocenters. The monoisotopic (exact) mass is 384 g/mol. The first-order valence-electron chi connectivity index (χ1n) is 8.40. The van der Waals surface area contributed by atoms with E-state index in [0.717, 1.165) is 16.7 Å². The summed E-state index contributed by atoms with van der Waals surface area (Å²) in [5.41, 5.74) is 1.57. The van der Waals surface area contributed by atoms with Gasteiger partial charge in [0, 0.05) is 18.5 Å². The van der Waals surface area contributed by atoms with Gasteiger partial charge in [-0.25, -0.2) is 9.98 Å². The molecule has 0 amide bonds. The second kappa shape index (κ2) is 9.02. The maximum absolute atomic E-state index is 12.6. The summed E-state index contributed by atoms with van der Waals surface area (Å²) >= 11 is 0.965. The molecule has 0 saturated heterocycles. The van der Waals surface area contributed by atoms with Crippen molar-refractivity contribution >= 4 is 17.3 Å². The molecule has 1 unspecified atom stereocenters. The number of aliphatic imine (C=N–C) groups is 1. The fourth-order valence-electron chi connectivity index (χ4n) is 2.26. The maximum atomic E-state index is 12.6. The van der Waals surface area contributed by atoms with Gasteiger partial charge >= 0.3 is 6.18 Å². The lowest BCUT2D eigenvalue weighted by atomic mass is 10.0. The van der Waals surface area contributed by atoms with E-state index in [1.807, 2.05) is 13.8 Å². The largest absolute Gasteiger partial charge is 0.434 e. The SMILES string of the molecule is CCNC(=NCc1nc(C(F)(F)F)cs1)NCC(C)c1ccc(C)cc1. The summed E-state index contributed by atoms with van der Waals surface area (Å²) in [4.78, 5) is 7.93. The number of thiazole rings is 1. The zero-order valence-corrected chi connectivity index (χ0v) is 15.8. The number of aryl methyl sites for hydroxylation is 1. The third-order valence-corrected chi connectivity index (χ3v) is 4.61. The number of nitrogens with one attached hydrogen (secondary N) is 2. The van der Waals surface area contributed by atoms with E-state index in [-0.39, 0.29) is 12.5 Å². The minimum atomic E-state index is -4.41. The Morgan fingerprint density at radius 3 is 2.50 bits per heavy atom. The lowest BCUT2D eigenvalue weighted by Crippen LogP contribution is -2.39. The number of guanidine groups is 1. The third-order valence-electron chi connectivity index (χ3n) is 3.78. The highest BCUT2D eigenvalue weighted by Crippen LogP contribution is 2.30. The van der Waals surface area contributed by atoms with E-state index in [4.69, 9.17) is 0 Å². The Balaban J connectivity index is 1.95. The summed E-state index contributed by atoms with van der Waals surface area (Å²) in [6.45, 7) is 7.53.